The van der Waals surface area contributed by atoms with Crippen LogP contribution in [0.25, 0.3) is 0 Å². The van der Waals surface area contributed by atoms with Gasteiger partial charge >= 0.3 is 0 Å². The predicted octanol–water partition coefficient (Wildman–Crippen LogP) is 2.48. The highest BCUT2D eigenvalue weighted by molar-refractivity contribution is 5.13. The fraction of sp³-hybridized carbons (Fsp3) is 0.733. The van der Waals surface area contributed by atoms with Gasteiger partial charge in [-0.2, -0.15) is 0 Å². The molecule has 4 nitrogen and oxygen atoms in total. The lowest BCUT2D eigenvalue weighted by molar-refractivity contribution is -0.0739. The highest BCUT2D eigenvalue weighted by atomic mass is 16.5. The molecule has 19 heavy (non-hydrogen) atoms. The van der Waals surface area contributed by atoms with E-state index in [9.17, 15) is 0 Å². The Morgan fingerprint density at radius 3 is 2.74 bits per heavy atom. The van der Waals surface area contributed by atoms with Crippen LogP contribution >= 0.6 is 0 Å². The average Bonchev–Trinajstić information content (AvgIpc) is 2.80. The number of ether oxygens (including phenoxy) is 1. The van der Waals surface area contributed by atoms with Gasteiger partial charge in [-0.15, -0.1) is 0 Å². The lowest BCUT2D eigenvalue weighted by atomic mass is 9.99. The summed E-state index contributed by atoms with van der Waals surface area (Å²) >= 11 is 0. The van der Waals surface area contributed by atoms with E-state index >= 15 is 0 Å². The topological polar surface area (TPSA) is 51.6 Å². The van der Waals surface area contributed by atoms with Gasteiger partial charge in [0.25, 0.3) is 0 Å². The van der Waals surface area contributed by atoms with Gasteiger partial charge in [0.05, 0.1) is 18.8 Å². The molecule has 2 N–H and O–H groups in total. The first-order valence-corrected chi connectivity index (χ1v) is 7.22. The summed E-state index contributed by atoms with van der Waals surface area (Å²) in [6.07, 6.45) is 1.18. The molecule has 1 aromatic heterocycles. The molecular formula is C15H26N2O2. The quantitative estimate of drug-likeness (QED) is 0.909. The molecule has 0 bridgehead atoms. The van der Waals surface area contributed by atoms with Crippen LogP contribution in [-0.2, 0) is 4.74 Å². The fourth-order valence-corrected chi connectivity index (χ4v) is 2.77. The zero-order valence-electron chi connectivity index (χ0n) is 12.4. The van der Waals surface area contributed by atoms with E-state index in [0.717, 1.165) is 31.1 Å². The first-order valence-electron chi connectivity index (χ1n) is 7.22. The minimum absolute atomic E-state index is 0.0818. The van der Waals surface area contributed by atoms with Crippen LogP contribution in [0.15, 0.2) is 16.5 Å². The molecule has 0 aromatic carbocycles. The van der Waals surface area contributed by atoms with Gasteiger partial charge < -0.3 is 14.9 Å². The molecule has 0 spiro atoms. The summed E-state index contributed by atoms with van der Waals surface area (Å²) in [5.41, 5.74) is 6.35. The smallest absolute Gasteiger partial charge is 0.122 e. The van der Waals surface area contributed by atoms with Crippen LogP contribution in [0.1, 0.15) is 44.8 Å². The van der Waals surface area contributed by atoms with Crippen molar-refractivity contribution in [2.45, 2.75) is 58.3 Å². The molecule has 2 heterocycles. The van der Waals surface area contributed by atoms with Crippen LogP contribution in [0.4, 0.5) is 0 Å². The van der Waals surface area contributed by atoms with Gasteiger partial charge in [0.2, 0.25) is 0 Å². The van der Waals surface area contributed by atoms with Crippen molar-refractivity contribution in [2.75, 3.05) is 13.2 Å². The molecule has 0 aliphatic carbocycles. The van der Waals surface area contributed by atoms with Crippen molar-refractivity contribution in [1.82, 2.24) is 4.90 Å². The lowest BCUT2D eigenvalue weighted by Crippen LogP contribution is -2.53. The van der Waals surface area contributed by atoms with Gasteiger partial charge in [-0.25, -0.2) is 0 Å². The number of nitrogens with zero attached hydrogens (tertiary/aromatic N) is 1. The van der Waals surface area contributed by atoms with E-state index in [0.29, 0.717) is 6.04 Å². The third-order valence-corrected chi connectivity index (χ3v) is 3.94. The monoisotopic (exact) mass is 266 g/mol. The van der Waals surface area contributed by atoms with Crippen molar-refractivity contribution < 1.29 is 9.15 Å². The zero-order valence-corrected chi connectivity index (χ0v) is 12.4. The van der Waals surface area contributed by atoms with Crippen LogP contribution in [0.5, 0.6) is 0 Å². The minimum atomic E-state index is 0.0818. The summed E-state index contributed by atoms with van der Waals surface area (Å²) in [6.45, 7) is 10.1. The second kappa shape index (κ2) is 6.07. The van der Waals surface area contributed by atoms with Gasteiger partial charge in [0, 0.05) is 18.6 Å². The third-order valence-electron chi connectivity index (χ3n) is 3.94. The van der Waals surface area contributed by atoms with Crippen molar-refractivity contribution in [3.63, 3.8) is 0 Å². The Bertz CT molecular complexity index is 405. The highest BCUT2D eigenvalue weighted by Gasteiger charge is 2.35. The van der Waals surface area contributed by atoms with Crippen molar-refractivity contribution in [2.24, 2.45) is 5.73 Å². The van der Waals surface area contributed by atoms with Crippen LogP contribution in [0.2, 0.25) is 0 Å². The number of nitrogens with two attached hydrogens (primary N) is 1. The van der Waals surface area contributed by atoms with Crippen molar-refractivity contribution in [3.05, 3.63) is 23.7 Å². The molecule has 2 rings (SSSR count). The Hall–Kier alpha value is -0.840. The van der Waals surface area contributed by atoms with E-state index in [1.807, 2.05) is 13.0 Å². The predicted molar refractivity (Wildman–Crippen MR) is 76.0 cm³/mol. The van der Waals surface area contributed by atoms with Gasteiger partial charge in [-0.1, -0.05) is 6.92 Å². The molecule has 0 saturated carbocycles. The zero-order chi connectivity index (χ0) is 14.0. The number of rotatable bonds is 4. The van der Waals surface area contributed by atoms with E-state index in [1.54, 1.807) is 0 Å². The summed E-state index contributed by atoms with van der Waals surface area (Å²) in [4.78, 5) is 2.43. The molecule has 1 fully saturated rings. The summed E-state index contributed by atoms with van der Waals surface area (Å²) < 4.78 is 11.6. The fourth-order valence-electron chi connectivity index (χ4n) is 2.77. The summed E-state index contributed by atoms with van der Waals surface area (Å²) in [7, 11) is 0. The maximum atomic E-state index is 6.35. The third kappa shape index (κ3) is 3.19. The number of hydrogen-bond acceptors (Lipinski definition) is 4. The van der Waals surface area contributed by atoms with Crippen LogP contribution in [0, 0.1) is 6.92 Å². The van der Waals surface area contributed by atoms with Gasteiger partial charge in [-0.3, -0.25) is 4.90 Å². The average molecular weight is 266 g/mol. The first-order chi connectivity index (χ1) is 9.02. The van der Waals surface area contributed by atoms with Crippen LogP contribution in [-0.4, -0.2) is 36.2 Å². The highest BCUT2D eigenvalue weighted by Crippen LogP contribution is 2.30. The first kappa shape index (κ1) is 14.6. The normalized spacial score (nSPS) is 28.3. The summed E-state index contributed by atoms with van der Waals surface area (Å²) in [5.74, 6) is 1.92. The van der Waals surface area contributed by atoms with Gasteiger partial charge in [0.15, 0.2) is 0 Å². The Morgan fingerprint density at radius 2 is 2.16 bits per heavy atom. The molecule has 0 radical (unpaired) electrons. The van der Waals surface area contributed by atoms with E-state index < -0.39 is 0 Å². The molecule has 1 saturated heterocycles. The second-order valence-electron chi connectivity index (χ2n) is 5.66. The SMILES string of the molecule is CCC(N)C(c1ccc(C)o1)N1CC(C)OCC1C. The molecule has 108 valence electrons. The van der Waals surface area contributed by atoms with Crippen molar-refractivity contribution >= 4 is 0 Å². The van der Waals surface area contributed by atoms with E-state index in [2.05, 4.69) is 31.7 Å². The molecule has 1 aromatic rings. The molecular weight excluding hydrogens is 240 g/mol. The number of morpholine rings is 1. The Morgan fingerprint density at radius 1 is 1.42 bits per heavy atom. The van der Waals surface area contributed by atoms with E-state index in [1.165, 1.54) is 0 Å². The molecule has 1 aliphatic heterocycles. The van der Waals surface area contributed by atoms with E-state index in [4.69, 9.17) is 14.9 Å². The van der Waals surface area contributed by atoms with Crippen LogP contribution < -0.4 is 5.73 Å². The number of hydrogen-bond donors (Lipinski definition) is 1. The minimum Gasteiger partial charge on any atom is -0.465 e. The molecule has 0 amide bonds. The number of aryl methyl sites for hydroxylation is 1. The molecule has 4 unspecified atom stereocenters. The lowest BCUT2D eigenvalue weighted by Gasteiger charge is -2.43. The maximum absolute atomic E-state index is 6.35. The number of furan rings is 1. The molecule has 1 aliphatic rings. The van der Waals surface area contributed by atoms with Gasteiger partial charge in [0.1, 0.15) is 11.5 Å². The Balaban J connectivity index is 2.26. The Kier molecular flexibility index (Phi) is 4.66. The molecule has 4 heteroatoms. The second-order valence-corrected chi connectivity index (χ2v) is 5.66. The Labute approximate surface area is 115 Å². The molecule has 4 atom stereocenters. The standard InChI is InChI=1S/C15H26N2O2/c1-5-13(16)15(14-7-6-11(3)19-14)17-8-12(4)18-9-10(17)2/h6-7,10,12-13,15H,5,8-9,16H2,1-4H3. The van der Waals surface area contributed by atoms with Crippen molar-refractivity contribution in [3.8, 4) is 0 Å². The largest absolute Gasteiger partial charge is 0.465 e. The summed E-state index contributed by atoms with van der Waals surface area (Å²) in [5, 5.41) is 0. The summed E-state index contributed by atoms with van der Waals surface area (Å²) in [6, 6.07) is 4.66. The maximum Gasteiger partial charge on any atom is 0.122 e. The van der Waals surface area contributed by atoms with E-state index in [-0.39, 0.29) is 18.2 Å². The van der Waals surface area contributed by atoms with Gasteiger partial charge in [-0.05, 0) is 39.3 Å². The van der Waals surface area contributed by atoms with Crippen LogP contribution in [0.3, 0.4) is 0 Å². The van der Waals surface area contributed by atoms with Crippen molar-refractivity contribution in [1.29, 1.82) is 0 Å².